The van der Waals surface area contributed by atoms with Crippen LogP contribution >= 0.6 is 0 Å². The zero-order valence-electron chi connectivity index (χ0n) is 15.9. The fourth-order valence-corrected chi connectivity index (χ4v) is 3.52. The van der Waals surface area contributed by atoms with Gasteiger partial charge in [-0.3, -0.25) is 14.5 Å². The lowest BCUT2D eigenvalue weighted by atomic mass is 10.2. The topological polar surface area (TPSA) is 110 Å². The molecule has 0 bridgehead atoms. The summed E-state index contributed by atoms with van der Waals surface area (Å²) in [6.45, 7) is 1.99. The van der Waals surface area contributed by atoms with Crippen LogP contribution < -0.4 is 5.32 Å². The number of amides is 1. The Balaban J connectivity index is 1.33. The van der Waals surface area contributed by atoms with Crippen LogP contribution in [0.1, 0.15) is 23.6 Å². The fourth-order valence-electron chi connectivity index (χ4n) is 3.52. The number of hydrogen-bond acceptors (Lipinski definition) is 6. The minimum absolute atomic E-state index is 0.0532. The Morgan fingerprint density at radius 3 is 2.83 bits per heavy atom. The number of pyridine rings is 1. The molecule has 9 nitrogen and oxygen atoms in total. The smallest absolute Gasteiger partial charge is 0.229 e. The van der Waals surface area contributed by atoms with Crippen LogP contribution in [-0.2, 0) is 11.8 Å². The zero-order chi connectivity index (χ0) is 20.1. The summed E-state index contributed by atoms with van der Waals surface area (Å²) < 4.78 is 3.12. The lowest BCUT2D eigenvalue weighted by Gasteiger charge is -2.02. The molecule has 4 aromatic rings. The molecule has 1 amide bonds. The van der Waals surface area contributed by atoms with E-state index in [1.54, 1.807) is 34.6 Å². The van der Waals surface area contributed by atoms with Crippen molar-refractivity contribution in [3.8, 4) is 17.1 Å². The number of aryl methyl sites for hydroxylation is 2. The number of rotatable bonds is 4. The first kappa shape index (κ1) is 17.4. The molecule has 5 rings (SSSR count). The minimum atomic E-state index is -0.0927. The summed E-state index contributed by atoms with van der Waals surface area (Å²) in [6.07, 6.45) is 5.65. The third kappa shape index (κ3) is 3.10. The van der Waals surface area contributed by atoms with Gasteiger partial charge in [0.15, 0.2) is 17.2 Å². The highest BCUT2D eigenvalue weighted by Crippen LogP contribution is 2.47. The largest absolute Gasteiger partial charge is 0.504 e. The summed E-state index contributed by atoms with van der Waals surface area (Å²) in [6, 6.07) is 7.53. The number of nitrogens with zero attached hydrogens (tertiary/aromatic N) is 6. The number of imidazole rings is 1. The molecule has 4 aromatic heterocycles. The van der Waals surface area contributed by atoms with Crippen molar-refractivity contribution in [1.29, 1.82) is 0 Å². The first-order valence-corrected chi connectivity index (χ1v) is 9.31. The third-order valence-corrected chi connectivity index (χ3v) is 5.17. The molecule has 1 fully saturated rings. The van der Waals surface area contributed by atoms with E-state index in [9.17, 15) is 9.90 Å². The van der Waals surface area contributed by atoms with Crippen molar-refractivity contribution in [2.45, 2.75) is 19.3 Å². The second-order valence-electron chi connectivity index (χ2n) is 7.35. The van der Waals surface area contributed by atoms with Crippen molar-refractivity contribution in [1.82, 2.24) is 29.4 Å². The molecule has 146 valence electrons. The van der Waals surface area contributed by atoms with Crippen LogP contribution in [0.2, 0.25) is 0 Å². The maximum Gasteiger partial charge on any atom is 0.229 e. The van der Waals surface area contributed by atoms with E-state index in [1.807, 2.05) is 25.3 Å². The van der Waals surface area contributed by atoms with E-state index in [1.165, 1.54) is 6.20 Å². The molecule has 0 unspecified atom stereocenters. The maximum absolute atomic E-state index is 12.6. The predicted octanol–water partition coefficient (Wildman–Crippen LogP) is 2.28. The molecule has 9 heteroatoms. The average molecular weight is 389 g/mol. The van der Waals surface area contributed by atoms with Gasteiger partial charge in [0.2, 0.25) is 5.91 Å². The number of aromatic hydroxyl groups is 1. The Morgan fingerprint density at radius 2 is 2.10 bits per heavy atom. The molecule has 1 saturated carbocycles. The SMILES string of the molecule is Cc1ccc([C@@H]2C[C@@H]2C(=O)Nc2cn3nc(-c4c(O)cnn4C)ccc3n2)nc1. The molecule has 2 N–H and O–H groups in total. The number of anilines is 1. The molecule has 2 atom stereocenters. The normalized spacial score (nSPS) is 18.1. The van der Waals surface area contributed by atoms with Crippen LogP contribution in [0, 0.1) is 12.8 Å². The van der Waals surface area contributed by atoms with E-state index in [-0.39, 0.29) is 23.5 Å². The van der Waals surface area contributed by atoms with E-state index in [2.05, 4.69) is 25.5 Å². The van der Waals surface area contributed by atoms with Gasteiger partial charge in [-0.15, -0.1) is 0 Å². The molecule has 0 aromatic carbocycles. The summed E-state index contributed by atoms with van der Waals surface area (Å²) in [7, 11) is 1.73. The fraction of sp³-hybridized carbons (Fsp3) is 0.250. The summed E-state index contributed by atoms with van der Waals surface area (Å²) in [5, 5.41) is 21.3. The molecule has 1 aliphatic rings. The van der Waals surface area contributed by atoms with Gasteiger partial charge >= 0.3 is 0 Å². The molecule has 0 spiro atoms. The van der Waals surface area contributed by atoms with E-state index in [4.69, 9.17) is 0 Å². The van der Waals surface area contributed by atoms with Crippen molar-refractivity contribution in [2.75, 3.05) is 5.32 Å². The number of aromatic nitrogens is 6. The second kappa shape index (κ2) is 6.40. The number of carbonyl (C=O) groups is 1. The quantitative estimate of drug-likeness (QED) is 0.554. The number of fused-ring (bicyclic) bond motifs is 1. The molecule has 29 heavy (non-hydrogen) atoms. The highest BCUT2D eigenvalue weighted by Gasteiger charge is 2.45. The van der Waals surface area contributed by atoms with Gasteiger partial charge in [-0.1, -0.05) is 6.07 Å². The lowest BCUT2D eigenvalue weighted by molar-refractivity contribution is -0.117. The van der Waals surface area contributed by atoms with Gasteiger partial charge in [-0.05, 0) is 37.1 Å². The highest BCUT2D eigenvalue weighted by atomic mass is 16.3. The molecule has 1 aliphatic carbocycles. The highest BCUT2D eigenvalue weighted by molar-refractivity contribution is 5.94. The monoisotopic (exact) mass is 389 g/mol. The van der Waals surface area contributed by atoms with Gasteiger partial charge in [0.1, 0.15) is 11.4 Å². The van der Waals surface area contributed by atoms with Crippen LogP contribution in [0.5, 0.6) is 5.75 Å². The second-order valence-corrected chi connectivity index (χ2v) is 7.35. The summed E-state index contributed by atoms with van der Waals surface area (Å²) in [4.78, 5) is 21.4. The van der Waals surface area contributed by atoms with Gasteiger partial charge in [-0.2, -0.15) is 10.2 Å². The molecule has 0 radical (unpaired) electrons. The van der Waals surface area contributed by atoms with E-state index in [0.717, 1.165) is 17.7 Å². The van der Waals surface area contributed by atoms with Crippen LogP contribution in [0.3, 0.4) is 0 Å². The van der Waals surface area contributed by atoms with Gasteiger partial charge in [0, 0.05) is 30.8 Å². The average Bonchev–Trinajstić information content (AvgIpc) is 3.30. The number of hydrogen-bond donors (Lipinski definition) is 2. The van der Waals surface area contributed by atoms with Crippen molar-refractivity contribution in [3.05, 3.63) is 54.1 Å². The molecular weight excluding hydrogens is 370 g/mol. The van der Waals surface area contributed by atoms with E-state index < -0.39 is 0 Å². The van der Waals surface area contributed by atoms with Crippen LogP contribution in [0.25, 0.3) is 17.0 Å². The standard InChI is InChI=1S/C20H19N7O2/c1-11-3-4-14(21-8-11)12-7-13(12)20(29)24-17-10-27-18(23-17)6-5-15(25-27)19-16(28)9-22-26(19)2/h3-6,8-10,12-13,28H,7H2,1-2H3,(H,24,29)/t12-,13+/m1/s1. The van der Waals surface area contributed by atoms with Gasteiger partial charge in [-0.25, -0.2) is 9.50 Å². The maximum atomic E-state index is 12.6. The minimum Gasteiger partial charge on any atom is -0.504 e. The van der Waals surface area contributed by atoms with Gasteiger partial charge in [0.05, 0.1) is 12.4 Å². The van der Waals surface area contributed by atoms with Gasteiger partial charge < -0.3 is 10.4 Å². The van der Waals surface area contributed by atoms with E-state index >= 15 is 0 Å². The summed E-state index contributed by atoms with van der Waals surface area (Å²) in [5.74, 6) is 0.495. The van der Waals surface area contributed by atoms with Crippen LogP contribution in [-0.4, -0.2) is 40.4 Å². The van der Waals surface area contributed by atoms with E-state index in [0.29, 0.717) is 22.9 Å². The van der Waals surface area contributed by atoms with Crippen molar-refractivity contribution in [2.24, 2.45) is 13.0 Å². The molecule has 0 aliphatic heterocycles. The summed E-state index contributed by atoms with van der Waals surface area (Å²) >= 11 is 0. The van der Waals surface area contributed by atoms with Crippen molar-refractivity contribution < 1.29 is 9.90 Å². The summed E-state index contributed by atoms with van der Waals surface area (Å²) in [5.41, 5.74) is 3.72. The first-order chi connectivity index (χ1) is 14.0. The Morgan fingerprint density at radius 1 is 1.24 bits per heavy atom. The Hall–Kier alpha value is -3.75. The molecule has 4 heterocycles. The number of nitrogens with one attached hydrogen (secondary N) is 1. The zero-order valence-corrected chi connectivity index (χ0v) is 15.9. The van der Waals surface area contributed by atoms with Gasteiger partial charge in [0.25, 0.3) is 0 Å². The molecule has 0 saturated heterocycles. The Kier molecular flexibility index (Phi) is 3.83. The Labute approximate surface area is 166 Å². The molecular formula is C20H19N7O2. The third-order valence-electron chi connectivity index (χ3n) is 5.17. The van der Waals surface area contributed by atoms with Crippen LogP contribution in [0.15, 0.2) is 42.9 Å². The van der Waals surface area contributed by atoms with Crippen molar-refractivity contribution in [3.63, 3.8) is 0 Å². The van der Waals surface area contributed by atoms with Crippen molar-refractivity contribution >= 4 is 17.4 Å². The first-order valence-electron chi connectivity index (χ1n) is 9.31. The predicted molar refractivity (Wildman–Crippen MR) is 105 cm³/mol. The van der Waals surface area contributed by atoms with Crippen LogP contribution in [0.4, 0.5) is 5.82 Å². The lowest BCUT2D eigenvalue weighted by Crippen LogP contribution is -2.15. The Bertz CT molecular complexity index is 1210. The number of carbonyl (C=O) groups excluding carboxylic acids is 1.